The van der Waals surface area contributed by atoms with Crippen LogP contribution < -0.4 is 25.8 Å². The van der Waals surface area contributed by atoms with E-state index in [9.17, 15) is 27.2 Å². The van der Waals surface area contributed by atoms with Gasteiger partial charge in [0, 0.05) is 44.4 Å². The van der Waals surface area contributed by atoms with Crippen LogP contribution in [0.4, 0.5) is 40.6 Å². The van der Waals surface area contributed by atoms with Crippen molar-refractivity contribution in [2.45, 2.75) is 94.9 Å². The lowest BCUT2D eigenvalue weighted by molar-refractivity contribution is 0.0988. The summed E-state index contributed by atoms with van der Waals surface area (Å²) in [5.74, 6) is 1.04. The summed E-state index contributed by atoms with van der Waals surface area (Å²) in [6.45, 7) is 5.49. The first-order valence-electron chi connectivity index (χ1n) is 23.6. The van der Waals surface area contributed by atoms with Crippen molar-refractivity contribution in [3.8, 4) is 0 Å². The van der Waals surface area contributed by atoms with E-state index in [4.69, 9.17) is 14.5 Å². The van der Waals surface area contributed by atoms with E-state index in [1.54, 1.807) is 21.8 Å². The van der Waals surface area contributed by atoms with Gasteiger partial charge < -0.3 is 35.2 Å². The third-order valence-corrected chi connectivity index (χ3v) is 14.4. The number of anilines is 4. The second-order valence-corrected chi connectivity index (χ2v) is 18.7. The summed E-state index contributed by atoms with van der Waals surface area (Å²) in [6, 6.07) is 3.74. The average Bonchev–Trinajstić information content (AvgIpc) is 4.23. The highest BCUT2D eigenvalue weighted by atomic mass is 19.3. The molecule has 2 atom stereocenters. The largest absolute Gasteiger partial charge is 0.378 e. The zero-order valence-corrected chi connectivity index (χ0v) is 37.3. The predicted octanol–water partition coefficient (Wildman–Crippen LogP) is 6.11. The molecule has 5 fully saturated rings. The molecule has 0 unspecified atom stereocenters. The molecule has 3 aliphatic heterocycles. The lowest BCUT2D eigenvalue weighted by Gasteiger charge is -2.31. The summed E-state index contributed by atoms with van der Waals surface area (Å²) >= 11 is 0. The minimum atomic E-state index is -2.88. The minimum absolute atomic E-state index is 0.0296. The number of alkyl halides is 4. The number of morpholine rings is 2. The summed E-state index contributed by atoms with van der Waals surface area (Å²) in [6.07, 6.45) is 11.2. The number of amides is 2. The number of hydrogen-bond donors (Lipinski definition) is 3. The van der Waals surface area contributed by atoms with Crippen molar-refractivity contribution in [1.82, 2.24) is 54.1 Å². The van der Waals surface area contributed by atoms with Gasteiger partial charge in [-0.15, -0.1) is 0 Å². The molecule has 0 aromatic carbocycles. The number of carbonyl (C=O) groups excluding carboxylic acids is 2. The predicted molar refractivity (Wildman–Crippen MR) is 240 cm³/mol. The van der Waals surface area contributed by atoms with Crippen LogP contribution in [0.25, 0.3) is 11.3 Å². The van der Waals surface area contributed by atoms with Gasteiger partial charge in [-0.05, 0) is 94.8 Å². The van der Waals surface area contributed by atoms with E-state index >= 15 is 0 Å². The van der Waals surface area contributed by atoms with Gasteiger partial charge >= 0.3 is 0 Å². The molecule has 11 rings (SSSR count). The highest BCUT2D eigenvalue weighted by Gasteiger charge is 2.40. The smallest absolute Gasteiger partial charge is 0.284 e. The molecular formula is C45H53F4N15O4. The Balaban J connectivity index is 0.648. The Kier molecular flexibility index (Phi) is 12.2. The van der Waals surface area contributed by atoms with Crippen molar-refractivity contribution in [3.05, 3.63) is 71.8 Å². The molecule has 6 aromatic heterocycles. The molecule has 2 amide bonds. The summed E-state index contributed by atoms with van der Waals surface area (Å²) < 4.78 is 74.5. The van der Waals surface area contributed by atoms with Gasteiger partial charge in [-0.1, -0.05) is 0 Å². The molecule has 3 N–H and O–H groups in total. The van der Waals surface area contributed by atoms with E-state index in [1.807, 2.05) is 12.1 Å². The van der Waals surface area contributed by atoms with E-state index in [0.717, 1.165) is 83.2 Å². The molecule has 68 heavy (non-hydrogen) atoms. The van der Waals surface area contributed by atoms with Gasteiger partial charge in [0.25, 0.3) is 24.7 Å². The third-order valence-electron chi connectivity index (χ3n) is 14.4. The minimum Gasteiger partial charge on any atom is -0.378 e. The van der Waals surface area contributed by atoms with Crippen LogP contribution in [0.1, 0.15) is 115 Å². The van der Waals surface area contributed by atoms with Crippen LogP contribution in [0.2, 0.25) is 0 Å². The van der Waals surface area contributed by atoms with Gasteiger partial charge in [0.15, 0.2) is 22.7 Å². The van der Waals surface area contributed by atoms with Gasteiger partial charge in [-0.3, -0.25) is 19.0 Å². The summed E-state index contributed by atoms with van der Waals surface area (Å²) in [5.41, 5.74) is -0.00577. The van der Waals surface area contributed by atoms with Gasteiger partial charge in [-0.25, -0.2) is 36.6 Å². The number of rotatable bonds is 14. The van der Waals surface area contributed by atoms with Crippen molar-refractivity contribution in [2.75, 3.05) is 73.0 Å². The van der Waals surface area contributed by atoms with Crippen LogP contribution >= 0.6 is 0 Å². The van der Waals surface area contributed by atoms with E-state index in [1.165, 1.54) is 33.8 Å². The van der Waals surface area contributed by atoms with Crippen molar-refractivity contribution in [3.63, 3.8) is 0 Å². The van der Waals surface area contributed by atoms with Crippen molar-refractivity contribution in [1.29, 1.82) is 0 Å². The SMILES string of the molecule is O=C(Nc1cn(C2CCC(CNCC3CCC(n4cc(NC(=O)c5cnn6ccc(N7C[C@H]8C[C@@H]7CO8)nc56)c(C(F)F)n4)CC3)CC2)nc1C(F)F)c1cnn2ccc(N3CCOCC3)nc12. The molecular weight excluding hydrogens is 891 g/mol. The highest BCUT2D eigenvalue weighted by Crippen LogP contribution is 2.38. The third kappa shape index (κ3) is 8.86. The molecule has 6 aromatic rings. The normalized spacial score (nSPS) is 24.3. The van der Waals surface area contributed by atoms with Crippen LogP contribution in [0.15, 0.2) is 49.3 Å². The Morgan fingerprint density at radius 3 is 1.69 bits per heavy atom. The Bertz CT molecular complexity index is 2770. The Labute approximate surface area is 387 Å². The van der Waals surface area contributed by atoms with Crippen molar-refractivity contribution >= 4 is 46.1 Å². The van der Waals surface area contributed by atoms with Gasteiger partial charge in [0.05, 0.1) is 67.8 Å². The average molecular weight is 944 g/mol. The van der Waals surface area contributed by atoms with Crippen molar-refractivity contribution < 1.29 is 36.6 Å². The van der Waals surface area contributed by atoms with E-state index in [0.29, 0.717) is 61.9 Å². The maximum absolute atomic E-state index is 14.3. The highest BCUT2D eigenvalue weighted by molar-refractivity contribution is 6.09. The summed E-state index contributed by atoms with van der Waals surface area (Å²) in [5, 5.41) is 26.0. The lowest BCUT2D eigenvalue weighted by Crippen LogP contribution is -2.37. The Morgan fingerprint density at radius 1 is 0.691 bits per heavy atom. The molecule has 19 nitrogen and oxygen atoms in total. The van der Waals surface area contributed by atoms with Crippen molar-refractivity contribution in [2.24, 2.45) is 11.8 Å². The quantitative estimate of drug-likeness (QED) is 0.106. The summed E-state index contributed by atoms with van der Waals surface area (Å²) in [7, 11) is 0. The van der Waals surface area contributed by atoms with E-state index in [2.05, 4.69) is 51.1 Å². The molecule has 23 heteroatoms. The molecule has 360 valence electrons. The number of carbonyl (C=O) groups is 2. The molecule has 0 spiro atoms. The fraction of sp³-hybridized carbons (Fsp3) is 0.556. The number of aromatic nitrogens is 10. The van der Waals surface area contributed by atoms with E-state index in [-0.39, 0.29) is 46.7 Å². The number of fused-ring (bicyclic) bond motifs is 4. The van der Waals surface area contributed by atoms with Crippen LogP contribution in [0, 0.1) is 11.8 Å². The zero-order chi connectivity index (χ0) is 46.5. The number of halogens is 4. The molecule has 2 bridgehead atoms. The maximum Gasteiger partial charge on any atom is 0.284 e. The second kappa shape index (κ2) is 18.7. The zero-order valence-electron chi connectivity index (χ0n) is 37.3. The maximum atomic E-state index is 14.3. The lowest BCUT2D eigenvalue weighted by atomic mass is 9.84. The number of hydrogen-bond acceptors (Lipinski definition) is 13. The van der Waals surface area contributed by atoms with Gasteiger partial charge in [0.1, 0.15) is 22.8 Å². The molecule has 2 aliphatic carbocycles. The molecule has 0 radical (unpaired) electrons. The fourth-order valence-corrected chi connectivity index (χ4v) is 10.6. The molecule has 2 saturated carbocycles. The molecule has 9 heterocycles. The van der Waals surface area contributed by atoms with Crippen LogP contribution in [0.5, 0.6) is 0 Å². The topological polar surface area (TPSA) is 191 Å². The first-order valence-corrected chi connectivity index (χ1v) is 23.6. The van der Waals surface area contributed by atoms with Crippen LogP contribution in [0.3, 0.4) is 0 Å². The standard InChI is InChI=1S/C45H53F4N15O4/c46-40(47)38-34(53-44(65)32-20-51-61-11-9-36(55-42(32)61)59-13-15-67-16-14-59)23-63(57-38)28-5-1-26(2-6-28)18-50-19-27-3-7-29(8-4-27)64-24-35(39(58-64)41(48)49)54-45(66)33-21-52-62-12-10-37(56-43(33)62)60-22-31-17-30(60)25-68-31/h9-12,20-21,23-24,26-31,40-41,50H,1-8,13-19,22,25H2,(H,53,65)(H,54,66)/t26?,27?,28?,29?,30-,31-/m1/s1. The first kappa shape index (κ1) is 44.3. The molecule has 5 aliphatic rings. The first-order chi connectivity index (χ1) is 33.1. The fourth-order valence-electron chi connectivity index (χ4n) is 10.6. The van der Waals surface area contributed by atoms with Crippen LogP contribution in [-0.2, 0) is 9.47 Å². The number of nitrogens with zero attached hydrogens (tertiary/aromatic N) is 12. The van der Waals surface area contributed by atoms with E-state index < -0.39 is 36.1 Å². The second-order valence-electron chi connectivity index (χ2n) is 18.7. The monoisotopic (exact) mass is 943 g/mol. The van der Waals surface area contributed by atoms with Gasteiger partial charge in [-0.2, -0.15) is 20.4 Å². The van der Waals surface area contributed by atoms with Crippen LogP contribution in [-0.4, -0.2) is 125 Å². The number of nitrogens with one attached hydrogen (secondary N) is 3. The van der Waals surface area contributed by atoms with Gasteiger partial charge in [0.2, 0.25) is 0 Å². The molecule has 3 saturated heterocycles. The Hall–Kier alpha value is -6.20. The summed E-state index contributed by atoms with van der Waals surface area (Å²) in [4.78, 5) is 40.7. The Morgan fingerprint density at radius 2 is 1.21 bits per heavy atom. The number of ether oxygens (including phenoxy) is 2.